The van der Waals surface area contributed by atoms with Gasteiger partial charge >= 0.3 is 0 Å². The van der Waals surface area contributed by atoms with Gasteiger partial charge < -0.3 is 19.9 Å². The van der Waals surface area contributed by atoms with E-state index in [4.69, 9.17) is 4.74 Å². The second-order valence-corrected chi connectivity index (χ2v) is 7.74. The van der Waals surface area contributed by atoms with Crippen molar-refractivity contribution in [3.05, 3.63) is 59.7 Å². The van der Waals surface area contributed by atoms with Crippen molar-refractivity contribution in [1.29, 1.82) is 0 Å². The molecule has 1 N–H and O–H groups in total. The predicted molar refractivity (Wildman–Crippen MR) is 114 cm³/mol. The van der Waals surface area contributed by atoms with E-state index in [0.717, 1.165) is 17.0 Å². The largest absolute Gasteiger partial charge is 0.497 e. The Morgan fingerprint density at radius 2 is 1.83 bits per heavy atom. The molecule has 0 saturated carbocycles. The fourth-order valence-corrected chi connectivity index (χ4v) is 3.62. The summed E-state index contributed by atoms with van der Waals surface area (Å²) >= 11 is 0. The van der Waals surface area contributed by atoms with Crippen LogP contribution in [0.15, 0.2) is 48.5 Å². The highest BCUT2D eigenvalue weighted by Crippen LogP contribution is 2.27. The van der Waals surface area contributed by atoms with Crippen LogP contribution in [-0.2, 0) is 9.59 Å². The molecule has 0 aromatic heterocycles. The Hall–Kier alpha value is -2.86. The molecule has 0 aliphatic carbocycles. The molecule has 1 aliphatic rings. The third kappa shape index (κ3) is 4.95. The van der Waals surface area contributed by atoms with Crippen LogP contribution in [0.25, 0.3) is 0 Å². The van der Waals surface area contributed by atoms with Crippen molar-refractivity contribution in [2.45, 2.75) is 19.4 Å². The van der Waals surface area contributed by atoms with Gasteiger partial charge in [-0.3, -0.25) is 9.59 Å². The Kier molecular flexibility index (Phi) is 6.54. The summed E-state index contributed by atoms with van der Waals surface area (Å²) in [6.45, 7) is 2.96. The van der Waals surface area contributed by atoms with Gasteiger partial charge in [0.2, 0.25) is 11.8 Å². The summed E-state index contributed by atoms with van der Waals surface area (Å²) in [5, 5.41) is 3.05. The highest BCUT2D eigenvalue weighted by molar-refractivity contribution is 6.00. The van der Waals surface area contributed by atoms with E-state index in [0.29, 0.717) is 13.1 Å². The smallest absolute Gasteiger partial charge is 0.227 e. The average Bonchev–Trinajstić information content (AvgIpc) is 3.11. The highest BCUT2D eigenvalue weighted by Gasteiger charge is 2.35. The molecule has 6 heteroatoms. The van der Waals surface area contributed by atoms with Gasteiger partial charge in [-0.05, 0) is 50.8 Å². The first-order chi connectivity index (χ1) is 13.9. The molecule has 2 unspecified atom stereocenters. The number of benzene rings is 2. The lowest BCUT2D eigenvalue weighted by atomic mass is 10.0. The molecule has 0 spiro atoms. The number of rotatable bonds is 7. The predicted octanol–water partition coefficient (Wildman–Crippen LogP) is 2.78. The van der Waals surface area contributed by atoms with Crippen molar-refractivity contribution in [3.63, 3.8) is 0 Å². The molecule has 2 aromatic rings. The van der Waals surface area contributed by atoms with Crippen LogP contribution >= 0.6 is 0 Å². The number of carbonyl (C=O) groups is 2. The molecular weight excluding hydrogens is 366 g/mol. The quantitative estimate of drug-likeness (QED) is 0.783. The van der Waals surface area contributed by atoms with E-state index in [1.165, 1.54) is 5.56 Å². The van der Waals surface area contributed by atoms with Crippen LogP contribution in [0.1, 0.15) is 23.6 Å². The Labute approximate surface area is 172 Å². The molecule has 2 aromatic carbocycles. The topological polar surface area (TPSA) is 61.9 Å². The van der Waals surface area contributed by atoms with E-state index in [1.807, 2.05) is 38.4 Å². The molecule has 154 valence electrons. The average molecular weight is 396 g/mol. The first-order valence-corrected chi connectivity index (χ1v) is 9.84. The molecule has 1 aliphatic heterocycles. The van der Waals surface area contributed by atoms with Crippen molar-refractivity contribution < 1.29 is 14.3 Å². The molecule has 29 heavy (non-hydrogen) atoms. The van der Waals surface area contributed by atoms with Gasteiger partial charge in [0.25, 0.3) is 0 Å². The van der Waals surface area contributed by atoms with Gasteiger partial charge in [-0.15, -0.1) is 0 Å². The lowest BCUT2D eigenvalue weighted by molar-refractivity contribution is -0.126. The SMILES string of the molecule is COc1ccc(N2CC(C(=O)NCC(c3ccc(C)cc3)N(C)C)CC2=O)cc1. The number of amides is 2. The maximum Gasteiger partial charge on any atom is 0.227 e. The summed E-state index contributed by atoms with van der Waals surface area (Å²) in [6.07, 6.45) is 0.231. The maximum atomic E-state index is 12.8. The van der Waals surface area contributed by atoms with E-state index in [2.05, 4.69) is 41.4 Å². The summed E-state index contributed by atoms with van der Waals surface area (Å²) in [6, 6.07) is 15.7. The fourth-order valence-electron chi connectivity index (χ4n) is 3.62. The molecule has 3 rings (SSSR count). The second kappa shape index (κ2) is 9.09. The molecule has 1 heterocycles. The van der Waals surface area contributed by atoms with Gasteiger partial charge in [0, 0.05) is 25.2 Å². The number of anilines is 1. The number of likely N-dealkylation sites (N-methyl/N-ethyl adjacent to an activating group) is 1. The van der Waals surface area contributed by atoms with Crippen molar-refractivity contribution in [3.8, 4) is 5.75 Å². The van der Waals surface area contributed by atoms with Crippen LogP contribution in [0.3, 0.4) is 0 Å². The standard InChI is InChI=1S/C23H29N3O3/c1-16-5-7-17(8-6-16)21(25(2)3)14-24-23(28)18-13-22(27)26(15-18)19-9-11-20(29-4)12-10-19/h5-12,18,21H,13-15H2,1-4H3,(H,24,28). The first kappa shape index (κ1) is 20.9. The normalized spacial score (nSPS) is 17.5. The van der Waals surface area contributed by atoms with Crippen molar-refractivity contribution in [2.75, 3.05) is 39.2 Å². The zero-order valence-electron chi connectivity index (χ0n) is 17.5. The number of nitrogens with one attached hydrogen (secondary N) is 1. The molecule has 0 bridgehead atoms. The third-order valence-corrected chi connectivity index (χ3v) is 5.44. The third-order valence-electron chi connectivity index (χ3n) is 5.44. The van der Waals surface area contributed by atoms with E-state index in [1.54, 1.807) is 12.0 Å². The molecule has 2 amide bonds. The lowest BCUT2D eigenvalue weighted by Crippen LogP contribution is -2.38. The number of carbonyl (C=O) groups excluding carboxylic acids is 2. The summed E-state index contributed by atoms with van der Waals surface area (Å²) in [7, 11) is 5.61. The van der Waals surface area contributed by atoms with Crippen molar-refractivity contribution >= 4 is 17.5 Å². The minimum Gasteiger partial charge on any atom is -0.497 e. The Morgan fingerprint density at radius 1 is 1.17 bits per heavy atom. The fraction of sp³-hybridized carbons (Fsp3) is 0.391. The molecule has 6 nitrogen and oxygen atoms in total. The van der Waals surface area contributed by atoms with Crippen LogP contribution in [0, 0.1) is 12.8 Å². The van der Waals surface area contributed by atoms with Crippen LogP contribution in [0.2, 0.25) is 0 Å². The number of methoxy groups -OCH3 is 1. The van der Waals surface area contributed by atoms with E-state index < -0.39 is 0 Å². The molecule has 2 atom stereocenters. The van der Waals surface area contributed by atoms with Crippen molar-refractivity contribution in [1.82, 2.24) is 10.2 Å². The van der Waals surface area contributed by atoms with E-state index in [9.17, 15) is 9.59 Å². The number of nitrogens with zero attached hydrogens (tertiary/aromatic N) is 2. The monoisotopic (exact) mass is 395 g/mol. The van der Waals surface area contributed by atoms with Gasteiger partial charge in [-0.25, -0.2) is 0 Å². The zero-order valence-corrected chi connectivity index (χ0v) is 17.5. The molecule has 0 radical (unpaired) electrons. The Bertz CT molecular complexity index is 847. The van der Waals surface area contributed by atoms with Crippen LogP contribution < -0.4 is 15.0 Å². The van der Waals surface area contributed by atoms with E-state index in [-0.39, 0.29) is 30.2 Å². The van der Waals surface area contributed by atoms with Gasteiger partial charge in [0.1, 0.15) is 5.75 Å². The van der Waals surface area contributed by atoms with Gasteiger partial charge in [-0.2, -0.15) is 0 Å². The zero-order chi connectivity index (χ0) is 21.0. The number of aryl methyl sites for hydroxylation is 1. The molecular formula is C23H29N3O3. The summed E-state index contributed by atoms with van der Waals surface area (Å²) < 4.78 is 5.16. The van der Waals surface area contributed by atoms with E-state index >= 15 is 0 Å². The minimum atomic E-state index is -0.342. The molecule has 1 saturated heterocycles. The maximum absolute atomic E-state index is 12.8. The van der Waals surface area contributed by atoms with Crippen molar-refractivity contribution in [2.24, 2.45) is 5.92 Å². The van der Waals surface area contributed by atoms with Gasteiger partial charge in [0.05, 0.1) is 19.1 Å². The Balaban J connectivity index is 1.61. The van der Waals surface area contributed by atoms with Gasteiger partial charge in [-0.1, -0.05) is 29.8 Å². The van der Waals surface area contributed by atoms with Crippen LogP contribution in [-0.4, -0.2) is 51.0 Å². The minimum absolute atomic E-state index is 0.0296. The number of hydrogen-bond acceptors (Lipinski definition) is 4. The first-order valence-electron chi connectivity index (χ1n) is 9.84. The van der Waals surface area contributed by atoms with Crippen LogP contribution in [0.5, 0.6) is 5.75 Å². The van der Waals surface area contributed by atoms with Crippen LogP contribution in [0.4, 0.5) is 5.69 Å². The number of ether oxygens (including phenoxy) is 1. The highest BCUT2D eigenvalue weighted by atomic mass is 16.5. The molecule has 1 fully saturated rings. The lowest BCUT2D eigenvalue weighted by Gasteiger charge is -2.26. The Morgan fingerprint density at radius 3 is 2.41 bits per heavy atom. The number of hydrogen-bond donors (Lipinski definition) is 1. The van der Waals surface area contributed by atoms with Gasteiger partial charge in [0.15, 0.2) is 0 Å². The summed E-state index contributed by atoms with van der Waals surface area (Å²) in [5.74, 6) is 0.289. The summed E-state index contributed by atoms with van der Waals surface area (Å²) in [5.41, 5.74) is 3.15. The second-order valence-electron chi connectivity index (χ2n) is 7.74. The summed E-state index contributed by atoms with van der Waals surface area (Å²) in [4.78, 5) is 29.0.